The summed E-state index contributed by atoms with van der Waals surface area (Å²) in [7, 11) is -3.84. The van der Waals surface area contributed by atoms with Crippen LogP contribution in [-0.4, -0.2) is 41.8 Å². The molecule has 1 unspecified atom stereocenters. The Balaban J connectivity index is 1.60. The minimum Gasteiger partial charge on any atom is -0.274 e. The molecule has 2 aromatic carbocycles. The summed E-state index contributed by atoms with van der Waals surface area (Å²) in [6, 6.07) is 11.5. The number of carbonyl (C=O) groups excluding carboxylic acids is 2. The molecule has 156 valence electrons. The Morgan fingerprint density at radius 1 is 0.967 bits per heavy atom. The van der Waals surface area contributed by atoms with Gasteiger partial charge in [0.05, 0.1) is 20.9 Å². The van der Waals surface area contributed by atoms with E-state index in [2.05, 4.69) is 0 Å². The van der Waals surface area contributed by atoms with E-state index in [1.54, 1.807) is 12.1 Å². The molecule has 2 heterocycles. The van der Waals surface area contributed by atoms with Crippen LogP contribution in [0.2, 0.25) is 0 Å². The van der Waals surface area contributed by atoms with E-state index in [0.717, 1.165) is 4.90 Å². The van der Waals surface area contributed by atoms with E-state index in [1.807, 2.05) is 0 Å². The van der Waals surface area contributed by atoms with Crippen LogP contribution in [0.1, 0.15) is 23.8 Å². The minimum atomic E-state index is -3.84. The number of sulfonamides is 1. The lowest BCUT2D eigenvalue weighted by Gasteiger charge is -2.24. The second-order valence-electron chi connectivity index (χ2n) is 6.80. The maximum Gasteiger partial charge on any atom is 0.269 e. The molecule has 0 aliphatic carbocycles. The first kappa shape index (κ1) is 20.5. The number of hydrogen-bond acceptors (Lipinski definition) is 7. The average Bonchev–Trinajstić information content (AvgIpc) is 3.35. The van der Waals surface area contributed by atoms with Crippen molar-refractivity contribution in [3.05, 3.63) is 64.2 Å². The highest BCUT2D eigenvalue weighted by molar-refractivity contribution is 8.01. The van der Waals surface area contributed by atoms with Gasteiger partial charge >= 0.3 is 0 Å². The first-order valence-corrected chi connectivity index (χ1v) is 11.6. The minimum absolute atomic E-state index is 0.0553. The smallest absolute Gasteiger partial charge is 0.269 e. The summed E-state index contributed by atoms with van der Waals surface area (Å²) in [6.45, 7) is 0.305. The molecule has 2 saturated heterocycles. The summed E-state index contributed by atoms with van der Waals surface area (Å²) in [6.07, 6.45) is 0.307. The van der Waals surface area contributed by atoms with Gasteiger partial charge in [0.25, 0.3) is 5.69 Å². The number of thioether (sulfide) groups is 1. The Bertz CT molecular complexity index is 1100. The van der Waals surface area contributed by atoms with Crippen molar-refractivity contribution in [3.63, 3.8) is 0 Å². The van der Waals surface area contributed by atoms with Gasteiger partial charge in [-0.15, -0.1) is 11.8 Å². The number of hydrogen-bond donors (Lipinski definition) is 0. The zero-order valence-electron chi connectivity index (χ0n) is 15.6. The highest BCUT2D eigenvalue weighted by atomic mass is 32.2. The van der Waals surface area contributed by atoms with Crippen LogP contribution in [0.3, 0.4) is 0 Å². The van der Waals surface area contributed by atoms with E-state index < -0.39 is 20.3 Å². The van der Waals surface area contributed by atoms with E-state index in [9.17, 15) is 28.1 Å². The van der Waals surface area contributed by atoms with Crippen LogP contribution in [0.25, 0.3) is 0 Å². The lowest BCUT2D eigenvalue weighted by molar-refractivity contribution is -0.384. The Hall–Kier alpha value is -2.76. The van der Waals surface area contributed by atoms with E-state index in [1.165, 1.54) is 52.5 Å². The molecule has 1 atom stereocenters. The number of non-ortho nitro benzene ring substituents is 1. The molecule has 0 N–H and O–H groups in total. The molecule has 2 aliphatic rings. The number of carbonyl (C=O) groups is 2. The van der Waals surface area contributed by atoms with E-state index >= 15 is 0 Å². The summed E-state index contributed by atoms with van der Waals surface area (Å²) >= 11 is 1.44. The van der Waals surface area contributed by atoms with Crippen LogP contribution in [0.5, 0.6) is 0 Å². The van der Waals surface area contributed by atoms with Gasteiger partial charge in [0.1, 0.15) is 0 Å². The molecule has 0 aromatic heterocycles. The van der Waals surface area contributed by atoms with Gasteiger partial charge in [-0.1, -0.05) is 0 Å². The second-order valence-corrected chi connectivity index (χ2v) is 9.88. The van der Waals surface area contributed by atoms with Crippen LogP contribution in [0.15, 0.2) is 53.4 Å². The molecule has 30 heavy (non-hydrogen) atoms. The third-order valence-corrected chi connectivity index (χ3v) is 8.26. The fourth-order valence-electron chi connectivity index (χ4n) is 3.49. The van der Waals surface area contributed by atoms with Crippen molar-refractivity contribution >= 4 is 45.0 Å². The highest BCUT2D eigenvalue weighted by Crippen LogP contribution is 2.42. The van der Waals surface area contributed by atoms with Crippen LogP contribution < -0.4 is 4.90 Å². The molecule has 2 aromatic rings. The van der Waals surface area contributed by atoms with Crippen LogP contribution in [0, 0.1) is 10.1 Å². The summed E-state index contributed by atoms with van der Waals surface area (Å²) in [5, 5.41) is 10.4. The SMILES string of the molecule is O=C1CCC(=O)N1c1ccc(S(=O)(=O)N2CCSC2c2ccc([N+](=O)[O-])cc2)cc1. The molecule has 9 nitrogen and oxygen atoms in total. The van der Waals surface area contributed by atoms with Crippen molar-refractivity contribution in [2.24, 2.45) is 0 Å². The van der Waals surface area contributed by atoms with Gasteiger partial charge in [0, 0.05) is 37.3 Å². The van der Waals surface area contributed by atoms with Gasteiger partial charge < -0.3 is 0 Å². The summed E-state index contributed by atoms with van der Waals surface area (Å²) < 4.78 is 27.8. The molecule has 4 rings (SSSR count). The lowest BCUT2D eigenvalue weighted by atomic mass is 10.2. The van der Waals surface area contributed by atoms with Crippen molar-refractivity contribution in [2.45, 2.75) is 23.1 Å². The molecule has 2 aliphatic heterocycles. The molecule has 0 radical (unpaired) electrons. The predicted molar refractivity (Wildman–Crippen MR) is 110 cm³/mol. The molecule has 2 fully saturated rings. The molecular formula is C19H17N3O6S2. The van der Waals surface area contributed by atoms with Crippen molar-refractivity contribution in [1.82, 2.24) is 4.31 Å². The third-order valence-electron chi connectivity index (χ3n) is 4.99. The normalized spacial score (nSPS) is 20.1. The number of nitro benzene ring substituents is 1. The number of rotatable bonds is 5. The maximum absolute atomic E-state index is 13.2. The first-order chi connectivity index (χ1) is 14.3. The number of nitro groups is 1. The Morgan fingerprint density at radius 2 is 1.57 bits per heavy atom. The fraction of sp³-hybridized carbons (Fsp3) is 0.263. The summed E-state index contributed by atoms with van der Waals surface area (Å²) in [4.78, 5) is 35.2. The maximum atomic E-state index is 13.2. The van der Waals surface area contributed by atoms with Crippen molar-refractivity contribution < 1.29 is 22.9 Å². The van der Waals surface area contributed by atoms with Crippen LogP contribution in [-0.2, 0) is 19.6 Å². The average molecular weight is 447 g/mol. The Labute approximate surface area is 176 Å². The number of nitrogens with zero attached hydrogens (tertiary/aromatic N) is 3. The van der Waals surface area contributed by atoms with Gasteiger partial charge in [-0.05, 0) is 42.0 Å². The van der Waals surface area contributed by atoms with Gasteiger partial charge in [-0.3, -0.25) is 24.6 Å². The second kappa shape index (κ2) is 7.82. The number of amides is 2. The Kier molecular flexibility index (Phi) is 5.35. The zero-order chi connectivity index (χ0) is 21.5. The standard InChI is InChI=1S/C19H17N3O6S2/c23-17-9-10-18(24)21(17)14-5-7-16(8-6-14)30(27,28)20-11-12-29-19(20)13-1-3-15(4-2-13)22(25)26/h1-8,19H,9-12H2. The zero-order valence-corrected chi connectivity index (χ0v) is 17.3. The van der Waals surface area contributed by atoms with E-state index in [0.29, 0.717) is 23.5 Å². The summed E-state index contributed by atoms with van der Waals surface area (Å²) in [5.74, 6) is -0.00924. The van der Waals surface area contributed by atoms with Crippen molar-refractivity contribution in [2.75, 3.05) is 17.2 Å². The molecule has 2 amide bonds. The molecule has 0 bridgehead atoms. The first-order valence-electron chi connectivity index (χ1n) is 9.13. The molecule has 0 spiro atoms. The Morgan fingerprint density at radius 3 is 2.13 bits per heavy atom. The monoisotopic (exact) mass is 447 g/mol. The van der Waals surface area contributed by atoms with Gasteiger partial charge in [0.2, 0.25) is 21.8 Å². The third kappa shape index (κ3) is 3.59. The highest BCUT2D eigenvalue weighted by Gasteiger charge is 2.37. The van der Waals surface area contributed by atoms with E-state index in [4.69, 9.17) is 0 Å². The lowest BCUT2D eigenvalue weighted by Crippen LogP contribution is -2.31. The quantitative estimate of drug-likeness (QED) is 0.393. The van der Waals surface area contributed by atoms with Gasteiger partial charge in [-0.25, -0.2) is 8.42 Å². The van der Waals surface area contributed by atoms with Crippen LogP contribution >= 0.6 is 11.8 Å². The van der Waals surface area contributed by atoms with Crippen LogP contribution in [0.4, 0.5) is 11.4 Å². The summed E-state index contributed by atoms with van der Waals surface area (Å²) in [5.41, 5.74) is 0.957. The van der Waals surface area contributed by atoms with Crippen molar-refractivity contribution in [3.8, 4) is 0 Å². The van der Waals surface area contributed by atoms with E-state index in [-0.39, 0.29) is 35.2 Å². The van der Waals surface area contributed by atoms with Gasteiger partial charge in [-0.2, -0.15) is 4.31 Å². The predicted octanol–water partition coefficient (Wildman–Crippen LogP) is 2.68. The largest absolute Gasteiger partial charge is 0.274 e. The molecular weight excluding hydrogens is 430 g/mol. The van der Waals surface area contributed by atoms with Gasteiger partial charge in [0.15, 0.2) is 0 Å². The molecule has 11 heteroatoms. The number of benzene rings is 2. The topological polar surface area (TPSA) is 118 Å². The number of imide groups is 1. The number of anilines is 1. The fourth-order valence-corrected chi connectivity index (χ4v) is 6.73. The molecule has 0 saturated carbocycles. The van der Waals surface area contributed by atoms with Crippen molar-refractivity contribution in [1.29, 1.82) is 0 Å².